The van der Waals surface area contributed by atoms with Gasteiger partial charge < -0.3 is 15.5 Å². The van der Waals surface area contributed by atoms with Crippen molar-refractivity contribution < 1.29 is 0 Å². The first-order valence-corrected chi connectivity index (χ1v) is 6.19. The Morgan fingerprint density at radius 1 is 1.41 bits per heavy atom. The summed E-state index contributed by atoms with van der Waals surface area (Å²) >= 11 is 0. The minimum atomic E-state index is 0.659. The molecule has 17 heavy (non-hydrogen) atoms. The van der Waals surface area contributed by atoms with Crippen molar-refractivity contribution in [2.45, 2.75) is 25.3 Å². The van der Waals surface area contributed by atoms with E-state index in [4.69, 9.17) is 5.73 Å². The predicted octanol–water partition coefficient (Wildman–Crippen LogP) is 0.860. The van der Waals surface area contributed by atoms with Gasteiger partial charge in [-0.25, -0.2) is 4.98 Å². The fraction of sp³-hybridized carbons (Fsp3) is 0.667. The number of hydrogen-bond donors (Lipinski definition) is 1. The van der Waals surface area contributed by atoms with Crippen molar-refractivity contribution in [2.24, 2.45) is 5.73 Å². The van der Waals surface area contributed by atoms with E-state index in [9.17, 15) is 0 Å². The van der Waals surface area contributed by atoms with Gasteiger partial charge in [-0.05, 0) is 31.9 Å². The minimum Gasteiger partial charge on any atom is -0.353 e. The first-order valence-electron chi connectivity index (χ1n) is 6.19. The molecule has 1 aliphatic carbocycles. The van der Waals surface area contributed by atoms with Crippen LogP contribution in [0.4, 0.5) is 11.8 Å². The van der Waals surface area contributed by atoms with E-state index in [2.05, 4.69) is 14.9 Å². The van der Waals surface area contributed by atoms with E-state index in [-0.39, 0.29) is 0 Å². The summed E-state index contributed by atoms with van der Waals surface area (Å²) in [6.45, 7) is 1.72. The summed E-state index contributed by atoms with van der Waals surface area (Å²) in [5, 5.41) is 0. The van der Waals surface area contributed by atoms with Crippen LogP contribution >= 0.6 is 0 Å². The molecule has 0 bridgehead atoms. The Kier molecular flexibility index (Phi) is 3.78. The van der Waals surface area contributed by atoms with Crippen LogP contribution < -0.4 is 15.5 Å². The lowest BCUT2D eigenvalue weighted by Gasteiger charge is -2.24. The highest BCUT2D eigenvalue weighted by atomic mass is 15.3. The molecular formula is C12H21N5. The van der Waals surface area contributed by atoms with Gasteiger partial charge >= 0.3 is 0 Å². The van der Waals surface area contributed by atoms with Gasteiger partial charge in [0, 0.05) is 32.9 Å². The van der Waals surface area contributed by atoms with E-state index in [1.54, 1.807) is 0 Å². The van der Waals surface area contributed by atoms with Gasteiger partial charge in [0.05, 0.1) is 0 Å². The summed E-state index contributed by atoms with van der Waals surface area (Å²) in [6.07, 6.45) is 5.38. The quantitative estimate of drug-likeness (QED) is 0.792. The van der Waals surface area contributed by atoms with Crippen LogP contribution in [-0.2, 0) is 0 Å². The Labute approximate surface area is 103 Å². The molecule has 0 unspecified atom stereocenters. The van der Waals surface area contributed by atoms with Gasteiger partial charge in [0.1, 0.15) is 5.82 Å². The maximum absolute atomic E-state index is 5.59. The molecule has 0 aromatic carbocycles. The summed E-state index contributed by atoms with van der Waals surface area (Å²) in [7, 11) is 3.92. The first kappa shape index (κ1) is 12.1. The van der Waals surface area contributed by atoms with Crippen LogP contribution in [-0.4, -0.2) is 43.2 Å². The highest BCUT2D eigenvalue weighted by Crippen LogP contribution is 2.30. The Balaban J connectivity index is 2.14. The van der Waals surface area contributed by atoms with Gasteiger partial charge in [0.15, 0.2) is 0 Å². The molecule has 0 amide bonds. The van der Waals surface area contributed by atoms with Crippen molar-refractivity contribution in [1.29, 1.82) is 0 Å². The number of aromatic nitrogens is 2. The average molecular weight is 235 g/mol. The molecule has 1 saturated carbocycles. The summed E-state index contributed by atoms with van der Waals surface area (Å²) in [5.74, 6) is 1.79. The fourth-order valence-corrected chi connectivity index (χ4v) is 1.85. The van der Waals surface area contributed by atoms with Gasteiger partial charge in [0.25, 0.3) is 0 Å². The van der Waals surface area contributed by atoms with E-state index < -0.39 is 0 Å². The summed E-state index contributed by atoms with van der Waals surface area (Å²) in [4.78, 5) is 13.1. The molecule has 1 aromatic heterocycles. The molecule has 1 fully saturated rings. The third kappa shape index (κ3) is 3.06. The van der Waals surface area contributed by atoms with Crippen LogP contribution in [0.5, 0.6) is 0 Å². The molecule has 1 aliphatic rings. The van der Waals surface area contributed by atoms with Crippen molar-refractivity contribution in [3.8, 4) is 0 Å². The maximum Gasteiger partial charge on any atom is 0.226 e. The molecular weight excluding hydrogens is 214 g/mol. The third-order valence-electron chi connectivity index (χ3n) is 2.91. The van der Waals surface area contributed by atoms with Crippen LogP contribution in [0.2, 0.25) is 0 Å². The van der Waals surface area contributed by atoms with E-state index in [0.29, 0.717) is 6.04 Å². The molecule has 2 N–H and O–H groups in total. The highest BCUT2D eigenvalue weighted by Gasteiger charge is 2.29. The normalized spacial score (nSPS) is 14.8. The van der Waals surface area contributed by atoms with Crippen LogP contribution in [0.3, 0.4) is 0 Å². The number of nitrogens with zero attached hydrogens (tertiary/aromatic N) is 4. The Morgan fingerprint density at radius 3 is 2.76 bits per heavy atom. The van der Waals surface area contributed by atoms with E-state index in [1.807, 2.05) is 31.3 Å². The number of nitrogens with two attached hydrogens (primary N) is 1. The van der Waals surface area contributed by atoms with E-state index >= 15 is 0 Å². The second kappa shape index (κ2) is 5.31. The fourth-order valence-electron chi connectivity index (χ4n) is 1.85. The van der Waals surface area contributed by atoms with E-state index in [1.165, 1.54) is 12.8 Å². The monoisotopic (exact) mass is 235 g/mol. The van der Waals surface area contributed by atoms with Crippen molar-refractivity contribution >= 4 is 11.8 Å². The van der Waals surface area contributed by atoms with Gasteiger partial charge in [0.2, 0.25) is 5.95 Å². The second-order valence-electron chi connectivity index (χ2n) is 4.68. The van der Waals surface area contributed by atoms with Crippen LogP contribution in [0.25, 0.3) is 0 Å². The third-order valence-corrected chi connectivity index (χ3v) is 2.91. The Morgan fingerprint density at radius 2 is 2.18 bits per heavy atom. The Hall–Kier alpha value is -1.36. The van der Waals surface area contributed by atoms with Crippen molar-refractivity contribution in [3.05, 3.63) is 12.3 Å². The molecule has 5 heteroatoms. The van der Waals surface area contributed by atoms with Crippen molar-refractivity contribution in [2.75, 3.05) is 37.0 Å². The lowest BCUT2D eigenvalue weighted by atomic mass is 10.3. The molecule has 0 radical (unpaired) electrons. The zero-order chi connectivity index (χ0) is 12.3. The Bertz CT molecular complexity index is 362. The van der Waals surface area contributed by atoms with Crippen LogP contribution in [0, 0.1) is 0 Å². The zero-order valence-electron chi connectivity index (χ0n) is 10.6. The zero-order valence-corrected chi connectivity index (χ0v) is 10.6. The largest absolute Gasteiger partial charge is 0.353 e. The highest BCUT2D eigenvalue weighted by molar-refractivity contribution is 5.45. The minimum absolute atomic E-state index is 0.659. The lowest BCUT2D eigenvalue weighted by Crippen LogP contribution is -2.29. The summed E-state index contributed by atoms with van der Waals surface area (Å²) in [6, 6.07) is 2.65. The topological polar surface area (TPSA) is 58.3 Å². The molecule has 5 nitrogen and oxygen atoms in total. The smallest absolute Gasteiger partial charge is 0.226 e. The van der Waals surface area contributed by atoms with E-state index in [0.717, 1.165) is 31.3 Å². The van der Waals surface area contributed by atoms with Gasteiger partial charge in [-0.1, -0.05) is 0 Å². The molecule has 1 heterocycles. The SMILES string of the molecule is CN(C)c1nccc(N(CCCN)C2CC2)n1. The number of hydrogen-bond acceptors (Lipinski definition) is 5. The number of rotatable bonds is 6. The van der Waals surface area contributed by atoms with Crippen LogP contribution in [0.15, 0.2) is 12.3 Å². The maximum atomic E-state index is 5.59. The summed E-state index contributed by atoms with van der Waals surface area (Å²) in [5.41, 5.74) is 5.59. The summed E-state index contributed by atoms with van der Waals surface area (Å²) < 4.78 is 0. The molecule has 2 rings (SSSR count). The molecule has 0 aliphatic heterocycles. The molecule has 0 spiro atoms. The molecule has 0 atom stereocenters. The van der Waals surface area contributed by atoms with Crippen molar-refractivity contribution in [3.63, 3.8) is 0 Å². The first-order chi connectivity index (χ1) is 8.22. The second-order valence-corrected chi connectivity index (χ2v) is 4.68. The molecule has 1 aromatic rings. The van der Waals surface area contributed by atoms with Crippen molar-refractivity contribution in [1.82, 2.24) is 9.97 Å². The molecule has 0 saturated heterocycles. The van der Waals surface area contributed by atoms with Gasteiger partial charge in [-0.2, -0.15) is 4.98 Å². The van der Waals surface area contributed by atoms with Gasteiger partial charge in [-0.15, -0.1) is 0 Å². The van der Waals surface area contributed by atoms with Gasteiger partial charge in [-0.3, -0.25) is 0 Å². The standard InChI is InChI=1S/C12H21N5/c1-16(2)12-14-8-6-11(15-12)17(9-3-7-13)10-4-5-10/h6,8,10H,3-5,7,9,13H2,1-2H3. The number of anilines is 2. The predicted molar refractivity (Wildman–Crippen MR) is 70.4 cm³/mol. The lowest BCUT2D eigenvalue weighted by molar-refractivity contribution is 0.720. The van der Waals surface area contributed by atoms with Crippen LogP contribution in [0.1, 0.15) is 19.3 Å². The molecule has 94 valence electrons. The average Bonchev–Trinajstić information content (AvgIpc) is 3.14.